The smallest absolute Gasteiger partial charge is 0.253 e. The lowest BCUT2D eigenvalue weighted by atomic mass is 10.1. The van der Waals surface area contributed by atoms with Crippen LogP contribution in [0.1, 0.15) is 44.1 Å². The van der Waals surface area contributed by atoms with Gasteiger partial charge in [0.05, 0.1) is 33.1 Å². The Morgan fingerprint density at radius 1 is 1.27 bits per heavy atom. The fourth-order valence-electron chi connectivity index (χ4n) is 4.01. The predicted octanol–water partition coefficient (Wildman–Crippen LogP) is 3.94. The number of hydrogen-bond acceptors (Lipinski definition) is 6. The summed E-state index contributed by atoms with van der Waals surface area (Å²) >= 11 is 6.42. The van der Waals surface area contributed by atoms with Crippen LogP contribution >= 0.6 is 11.6 Å². The van der Waals surface area contributed by atoms with Crippen molar-refractivity contribution in [2.75, 3.05) is 11.5 Å². The SMILES string of the molecule is CC(F)Oc1ccc(Cl)c(-c2nn(C(C)C)c3cc(C(=O)NC4(C)CS(=O)(=O)C4)cnc23)c1. The van der Waals surface area contributed by atoms with Crippen molar-refractivity contribution in [2.24, 2.45) is 0 Å². The molecule has 33 heavy (non-hydrogen) atoms. The van der Waals surface area contributed by atoms with Crippen molar-refractivity contribution in [2.45, 2.75) is 45.6 Å². The molecule has 8 nitrogen and oxygen atoms in total. The number of hydrogen-bond donors (Lipinski definition) is 1. The first-order valence-corrected chi connectivity index (χ1v) is 12.6. The van der Waals surface area contributed by atoms with E-state index in [1.807, 2.05) is 13.8 Å². The number of nitrogens with zero attached hydrogens (tertiary/aromatic N) is 3. The summed E-state index contributed by atoms with van der Waals surface area (Å²) in [5.41, 5.74) is 1.62. The van der Waals surface area contributed by atoms with Crippen LogP contribution in [0, 0.1) is 0 Å². The van der Waals surface area contributed by atoms with E-state index < -0.39 is 27.6 Å². The average Bonchev–Trinajstić information content (AvgIpc) is 3.06. The molecule has 1 atom stereocenters. The first-order chi connectivity index (χ1) is 15.4. The lowest BCUT2D eigenvalue weighted by Crippen LogP contribution is -2.63. The molecule has 1 aliphatic heterocycles. The van der Waals surface area contributed by atoms with E-state index in [4.69, 9.17) is 16.3 Å². The van der Waals surface area contributed by atoms with Crippen molar-refractivity contribution in [3.05, 3.63) is 41.0 Å². The Labute approximate surface area is 196 Å². The number of benzene rings is 1. The normalized spacial score (nSPS) is 17.5. The van der Waals surface area contributed by atoms with E-state index in [9.17, 15) is 17.6 Å². The largest absolute Gasteiger partial charge is 0.461 e. The van der Waals surface area contributed by atoms with E-state index in [0.717, 1.165) is 0 Å². The van der Waals surface area contributed by atoms with Gasteiger partial charge in [-0.05, 0) is 45.0 Å². The molecule has 1 aliphatic rings. The Hall–Kier alpha value is -2.72. The number of amides is 1. The standard InChI is InChI=1S/C22H24ClFN4O4S/c1-12(2)28-18-7-14(21(29)26-22(4)10-33(30,31)11-22)9-25-20(18)19(27-28)16-8-15(32-13(3)24)5-6-17(16)23/h5-9,12-13H,10-11H2,1-4H3,(H,26,29). The molecule has 176 valence electrons. The van der Waals surface area contributed by atoms with Crippen molar-refractivity contribution in [1.29, 1.82) is 0 Å². The minimum atomic E-state index is -3.10. The molecule has 1 amide bonds. The summed E-state index contributed by atoms with van der Waals surface area (Å²) < 4.78 is 43.3. The van der Waals surface area contributed by atoms with Crippen LogP contribution < -0.4 is 10.1 Å². The first kappa shape index (κ1) is 23.4. The summed E-state index contributed by atoms with van der Waals surface area (Å²) in [6.45, 7) is 6.86. The molecule has 1 unspecified atom stereocenters. The molecular weight excluding hydrogens is 471 g/mol. The highest BCUT2D eigenvalue weighted by atomic mass is 35.5. The molecule has 0 radical (unpaired) electrons. The monoisotopic (exact) mass is 494 g/mol. The van der Waals surface area contributed by atoms with Gasteiger partial charge in [0, 0.05) is 24.7 Å². The van der Waals surface area contributed by atoms with Crippen LogP contribution in [0.5, 0.6) is 5.75 Å². The number of nitrogens with one attached hydrogen (secondary N) is 1. The topological polar surface area (TPSA) is 103 Å². The highest BCUT2D eigenvalue weighted by Crippen LogP contribution is 2.36. The van der Waals surface area contributed by atoms with Gasteiger partial charge in [0.2, 0.25) is 6.36 Å². The second kappa shape index (κ2) is 8.25. The summed E-state index contributed by atoms with van der Waals surface area (Å²) in [6, 6.07) is 6.39. The third-order valence-corrected chi connectivity index (χ3v) is 7.76. The van der Waals surface area contributed by atoms with Crippen LogP contribution in [0.2, 0.25) is 5.02 Å². The quantitative estimate of drug-likeness (QED) is 0.556. The zero-order chi connectivity index (χ0) is 24.1. The number of rotatable bonds is 6. The van der Waals surface area contributed by atoms with Gasteiger partial charge in [0.1, 0.15) is 17.0 Å². The second-order valence-electron chi connectivity index (χ2n) is 8.83. The number of aromatic nitrogens is 3. The van der Waals surface area contributed by atoms with E-state index in [1.165, 1.54) is 13.1 Å². The average molecular weight is 495 g/mol. The number of carbonyl (C=O) groups is 1. The number of pyridine rings is 1. The molecule has 0 aliphatic carbocycles. The maximum absolute atomic E-state index is 13.3. The van der Waals surface area contributed by atoms with Gasteiger partial charge in [-0.15, -0.1) is 0 Å². The number of sulfone groups is 1. The Bertz CT molecular complexity index is 1340. The molecule has 1 aromatic carbocycles. The van der Waals surface area contributed by atoms with Gasteiger partial charge < -0.3 is 10.1 Å². The molecule has 3 aromatic rings. The summed E-state index contributed by atoms with van der Waals surface area (Å²) in [5.74, 6) is -0.296. The van der Waals surface area contributed by atoms with E-state index in [-0.39, 0.29) is 23.1 Å². The highest BCUT2D eigenvalue weighted by Gasteiger charge is 2.45. The molecule has 1 saturated heterocycles. The predicted molar refractivity (Wildman–Crippen MR) is 124 cm³/mol. The molecule has 4 rings (SSSR count). The lowest BCUT2D eigenvalue weighted by molar-refractivity contribution is 0.0860. The zero-order valence-corrected chi connectivity index (χ0v) is 20.2. The van der Waals surface area contributed by atoms with Crippen LogP contribution in [0.3, 0.4) is 0 Å². The van der Waals surface area contributed by atoms with Gasteiger partial charge in [0.25, 0.3) is 5.91 Å². The van der Waals surface area contributed by atoms with Gasteiger partial charge >= 0.3 is 0 Å². The van der Waals surface area contributed by atoms with Gasteiger partial charge in [0.15, 0.2) is 9.84 Å². The highest BCUT2D eigenvalue weighted by molar-refractivity contribution is 7.93. The number of ether oxygens (including phenoxy) is 1. The van der Waals surface area contributed by atoms with Crippen LogP contribution in [-0.2, 0) is 9.84 Å². The molecule has 0 spiro atoms. The van der Waals surface area contributed by atoms with Crippen LogP contribution in [0.15, 0.2) is 30.5 Å². The summed E-state index contributed by atoms with van der Waals surface area (Å²) in [4.78, 5) is 17.3. The van der Waals surface area contributed by atoms with Crippen molar-refractivity contribution < 1.29 is 22.3 Å². The molecule has 1 N–H and O–H groups in total. The second-order valence-corrected chi connectivity index (χ2v) is 11.3. The van der Waals surface area contributed by atoms with Crippen molar-refractivity contribution in [1.82, 2.24) is 20.1 Å². The molecule has 0 saturated carbocycles. The van der Waals surface area contributed by atoms with Crippen LogP contribution in [-0.4, -0.2) is 52.5 Å². The van der Waals surface area contributed by atoms with Crippen molar-refractivity contribution >= 4 is 38.4 Å². The molecule has 3 heterocycles. The molecule has 11 heteroatoms. The third-order valence-electron chi connectivity index (χ3n) is 5.28. The number of fused-ring (bicyclic) bond motifs is 1. The zero-order valence-electron chi connectivity index (χ0n) is 18.6. The van der Waals surface area contributed by atoms with E-state index in [1.54, 1.807) is 35.9 Å². The molecule has 0 bridgehead atoms. The Kier molecular flexibility index (Phi) is 5.86. The molecule has 2 aromatic heterocycles. The van der Waals surface area contributed by atoms with Crippen LogP contribution in [0.25, 0.3) is 22.3 Å². The number of alkyl halides is 1. The fourth-order valence-corrected chi connectivity index (χ4v) is 6.22. The van der Waals surface area contributed by atoms with Gasteiger partial charge in [-0.2, -0.15) is 5.10 Å². The minimum Gasteiger partial charge on any atom is -0.461 e. The van der Waals surface area contributed by atoms with Gasteiger partial charge in [-0.3, -0.25) is 14.5 Å². The third kappa shape index (κ3) is 4.67. The van der Waals surface area contributed by atoms with E-state index in [2.05, 4.69) is 15.4 Å². The minimum absolute atomic E-state index is 0.0558. The number of carbonyl (C=O) groups excluding carboxylic acids is 1. The van der Waals surface area contributed by atoms with Gasteiger partial charge in [-0.1, -0.05) is 11.6 Å². The molecule has 1 fully saturated rings. The Morgan fingerprint density at radius 2 is 1.97 bits per heavy atom. The summed E-state index contributed by atoms with van der Waals surface area (Å²) in [6.07, 6.45) is -0.0715. The molecular formula is C22H24ClFN4O4S. The Balaban J connectivity index is 1.75. The van der Waals surface area contributed by atoms with Crippen molar-refractivity contribution in [3.63, 3.8) is 0 Å². The number of halogens is 2. The van der Waals surface area contributed by atoms with E-state index in [0.29, 0.717) is 33.1 Å². The first-order valence-electron chi connectivity index (χ1n) is 10.4. The lowest BCUT2D eigenvalue weighted by Gasteiger charge is -2.38. The maximum atomic E-state index is 13.3. The fraction of sp³-hybridized carbons (Fsp3) is 0.409. The maximum Gasteiger partial charge on any atom is 0.253 e. The van der Waals surface area contributed by atoms with E-state index >= 15 is 0 Å². The summed E-state index contributed by atoms with van der Waals surface area (Å²) in [5, 5.41) is 7.86. The van der Waals surface area contributed by atoms with Crippen molar-refractivity contribution in [3.8, 4) is 17.0 Å². The van der Waals surface area contributed by atoms with Gasteiger partial charge in [-0.25, -0.2) is 12.8 Å². The van der Waals surface area contributed by atoms with Crippen LogP contribution in [0.4, 0.5) is 4.39 Å². The Morgan fingerprint density at radius 3 is 2.58 bits per heavy atom. The summed E-state index contributed by atoms with van der Waals surface area (Å²) in [7, 11) is -3.10.